The van der Waals surface area contributed by atoms with Crippen LogP contribution in [0.4, 0.5) is 5.69 Å². The first-order valence-corrected chi connectivity index (χ1v) is 6.71. The molecule has 100 valence electrons. The van der Waals surface area contributed by atoms with Crippen molar-refractivity contribution >= 4 is 5.69 Å². The van der Waals surface area contributed by atoms with Gasteiger partial charge in [0.05, 0.1) is 23.2 Å². The van der Waals surface area contributed by atoms with Gasteiger partial charge in [0.15, 0.2) is 0 Å². The summed E-state index contributed by atoms with van der Waals surface area (Å²) in [5, 5.41) is 10.1. The Bertz CT molecular complexity index is 389. The Morgan fingerprint density at radius 3 is 2.89 bits per heavy atom. The van der Waals surface area contributed by atoms with E-state index in [9.17, 15) is 5.11 Å². The van der Waals surface area contributed by atoms with Gasteiger partial charge in [-0.15, -0.1) is 0 Å². The van der Waals surface area contributed by atoms with Crippen LogP contribution in [-0.4, -0.2) is 28.8 Å². The molecule has 0 radical (unpaired) electrons. The Balaban J connectivity index is 2.09. The van der Waals surface area contributed by atoms with Gasteiger partial charge in [-0.25, -0.2) is 0 Å². The van der Waals surface area contributed by atoms with Crippen LogP contribution in [0.2, 0.25) is 0 Å². The highest BCUT2D eigenvalue weighted by atomic mass is 16.3. The van der Waals surface area contributed by atoms with Gasteiger partial charge in [0, 0.05) is 19.1 Å². The minimum absolute atomic E-state index is 0.0171. The summed E-state index contributed by atoms with van der Waals surface area (Å²) in [7, 11) is 0. The van der Waals surface area contributed by atoms with Crippen LogP contribution in [0.15, 0.2) is 18.3 Å². The van der Waals surface area contributed by atoms with Gasteiger partial charge in [0.2, 0.25) is 0 Å². The number of nitrogens with two attached hydrogens (primary N) is 1. The molecule has 2 rings (SSSR count). The molecule has 0 aliphatic carbocycles. The average Bonchev–Trinajstić information content (AvgIpc) is 2.37. The summed E-state index contributed by atoms with van der Waals surface area (Å²) < 4.78 is 0. The SMILES string of the molecule is CC[C@H](N)c1ccc(N2CCCC(C)(O)C2)cn1. The minimum atomic E-state index is -0.587. The van der Waals surface area contributed by atoms with Crippen LogP contribution in [0, 0.1) is 0 Å². The summed E-state index contributed by atoms with van der Waals surface area (Å²) in [6, 6.07) is 4.06. The monoisotopic (exact) mass is 249 g/mol. The Labute approximate surface area is 109 Å². The Morgan fingerprint density at radius 2 is 2.33 bits per heavy atom. The number of hydrogen-bond donors (Lipinski definition) is 2. The lowest BCUT2D eigenvalue weighted by Gasteiger charge is -2.38. The van der Waals surface area contributed by atoms with Gasteiger partial charge < -0.3 is 15.7 Å². The molecule has 0 bridgehead atoms. The molecule has 2 heterocycles. The van der Waals surface area contributed by atoms with E-state index in [4.69, 9.17) is 5.73 Å². The molecule has 18 heavy (non-hydrogen) atoms. The van der Waals surface area contributed by atoms with Crippen molar-refractivity contribution in [1.82, 2.24) is 4.98 Å². The van der Waals surface area contributed by atoms with Crippen molar-refractivity contribution in [1.29, 1.82) is 0 Å². The number of piperidine rings is 1. The molecule has 1 aliphatic heterocycles. The van der Waals surface area contributed by atoms with Gasteiger partial charge in [0.25, 0.3) is 0 Å². The van der Waals surface area contributed by atoms with E-state index in [1.165, 1.54) is 0 Å². The second-order valence-electron chi connectivity index (χ2n) is 5.48. The molecule has 1 unspecified atom stereocenters. The molecule has 3 N–H and O–H groups in total. The molecular weight excluding hydrogens is 226 g/mol. The molecule has 4 heteroatoms. The van der Waals surface area contributed by atoms with Crippen molar-refractivity contribution in [3.05, 3.63) is 24.0 Å². The maximum absolute atomic E-state index is 10.1. The topological polar surface area (TPSA) is 62.4 Å². The maximum Gasteiger partial charge on any atom is 0.0794 e. The molecular formula is C14H23N3O. The number of hydrogen-bond acceptors (Lipinski definition) is 4. The molecule has 1 aromatic rings. The molecule has 1 saturated heterocycles. The van der Waals surface area contributed by atoms with Gasteiger partial charge in [-0.05, 0) is 38.3 Å². The van der Waals surface area contributed by atoms with Gasteiger partial charge in [-0.2, -0.15) is 0 Å². The van der Waals surface area contributed by atoms with Crippen molar-refractivity contribution in [3.63, 3.8) is 0 Å². The van der Waals surface area contributed by atoms with E-state index < -0.39 is 5.60 Å². The summed E-state index contributed by atoms with van der Waals surface area (Å²) in [5.74, 6) is 0. The summed E-state index contributed by atoms with van der Waals surface area (Å²) in [4.78, 5) is 6.62. The van der Waals surface area contributed by atoms with E-state index in [1.807, 2.05) is 19.2 Å². The van der Waals surface area contributed by atoms with Crippen LogP contribution < -0.4 is 10.6 Å². The fourth-order valence-corrected chi connectivity index (χ4v) is 2.45. The third-order valence-corrected chi connectivity index (χ3v) is 3.63. The lowest BCUT2D eigenvalue weighted by Crippen LogP contribution is -2.46. The fraction of sp³-hybridized carbons (Fsp3) is 0.643. The molecule has 4 nitrogen and oxygen atoms in total. The lowest BCUT2D eigenvalue weighted by atomic mass is 9.95. The van der Waals surface area contributed by atoms with E-state index in [-0.39, 0.29) is 6.04 Å². The van der Waals surface area contributed by atoms with Gasteiger partial charge >= 0.3 is 0 Å². The first-order chi connectivity index (χ1) is 8.52. The van der Waals surface area contributed by atoms with Crippen LogP contribution in [-0.2, 0) is 0 Å². The van der Waals surface area contributed by atoms with Crippen LogP contribution in [0.25, 0.3) is 0 Å². The molecule has 1 aromatic heterocycles. The summed E-state index contributed by atoms with van der Waals surface area (Å²) in [6.45, 7) is 5.61. The van der Waals surface area contributed by atoms with E-state index in [1.54, 1.807) is 0 Å². The summed E-state index contributed by atoms with van der Waals surface area (Å²) >= 11 is 0. The lowest BCUT2D eigenvalue weighted by molar-refractivity contribution is 0.0449. The predicted octanol–water partition coefficient (Wildman–Crippen LogP) is 1.84. The van der Waals surface area contributed by atoms with Crippen LogP contribution in [0.1, 0.15) is 44.8 Å². The molecule has 0 spiro atoms. The summed E-state index contributed by atoms with van der Waals surface area (Å²) in [6.07, 6.45) is 4.65. The zero-order valence-electron chi connectivity index (χ0n) is 11.3. The molecule has 2 atom stereocenters. The normalized spacial score (nSPS) is 26.1. The molecule has 0 amide bonds. The van der Waals surface area contributed by atoms with Gasteiger partial charge in [0.1, 0.15) is 0 Å². The third kappa shape index (κ3) is 3.00. The van der Waals surface area contributed by atoms with E-state index in [2.05, 4.69) is 22.9 Å². The number of nitrogens with zero attached hydrogens (tertiary/aromatic N) is 2. The number of rotatable bonds is 3. The minimum Gasteiger partial charge on any atom is -0.388 e. The Morgan fingerprint density at radius 1 is 1.56 bits per heavy atom. The summed E-state index contributed by atoms with van der Waals surface area (Å²) in [5.41, 5.74) is 7.37. The van der Waals surface area contributed by atoms with E-state index in [0.29, 0.717) is 6.54 Å². The van der Waals surface area contributed by atoms with Gasteiger partial charge in [-0.1, -0.05) is 6.92 Å². The second kappa shape index (κ2) is 5.24. The van der Waals surface area contributed by atoms with Crippen molar-refractivity contribution < 1.29 is 5.11 Å². The number of pyridine rings is 1. The zero-order valence-corrected chi connectivity index (χ0v) is 11.3. The first kappa shape index (κ1) is 13.3. The fourth-order valence-electron chi connectivity index (χ4n) is 2.45. The molecule has 1 fully saturated rings. The van der Waals surface area contributed by atoms with E-state index >= 15 is 0 Å². The standard InChI is InChI=1S/C14H23N3O/c1-3-12(15)13-6-5-11(9-16-13)17-8-4-7-14(2,18)10-17/h5-6,9,12,18H,3-4,7-8,10,15H2,1-2H3/t12-,14?/m0/s1. The zero-order chi connectivity index (χ0) is 13.2. The van der Waals surface area contributed by atoms with Crippen molar-refractivity contribution in [2.75, 3.05) is 18.0 Å². The maximum atomic E-state index is 10.1. The highest BCUT2D eigenvalue weighted by Crippen LogP contribution is 2.25. The quantitative estimate of drug-likeness (QED) is 0.858. The molecule has 0 saturated carbocycles. The molecule has 1 aliphatic rings. The number of aliphatic hydroxyl groups is 1. The van der Waals surface area contributed by atoms with E-state index in [0.717, 1.165) is 37.2 Å². The highest BCUT2D eigenvalue weighted by Gasteiger charge is 2.28. The molecule has 0 aromatic carbocycles. The Kier molecular flexibility index (Phi) is 3.88. The highest BCUT2D eigenvalue weighted by molar-refractivity contribution is 5.45. The Hall–Kier alpha value is -1.13. The number of aromatic nitrogens is 1. The first-order valence-electron chi connectivity index (χ1n) is 6.71. The van der Waals surface area contributed by atoms with Crippen LogP contribution >= 0.6 is 0 Å². The largest absolute Gasteiger partial charge is 0.388 e. The average molecular weight is 249 g/mol. The third-order valence-electron chi connectivity index (χ3n) is 3.63. The van der Waals surface area contributed by atoms with Crippen LogP contribution in [0.3, 0.4) is 0 Å². The second-order valence-corrected chi connectivity index (χ2v) is 5.48. The predicted molar refractivity (Wildman–Crippen MR) is 73.5 cm³/mol. The smallest absolute Gasteiger partial charge is 0.0794 e. The van der Waals surface area contributed by atoms with Crippen molar-refractivity contribution in [3.8, 4) is 0 Å². The van der Waals surface area contributed by atoms with Crippen molar-refractivity contribution in [2.45, 2.75) is 44.8 Å². The number of β-amino-alcohol motifs (C(OH)–C–C–N with tert-alkyl or cyclic N) is 1. The number of anilines is 1. The van der Waals surface area contributed by atoms with Crippen molar-refractivity contribution in [2.24, 2.45) is 5.73 Å². The van der Waals surface area contributed by atoms with Gasteiger partial charge in [-0.3, -0.25) is 4.98 Å². The van der Waals surface area contributed by atoms with Crippen LogP contribution in [0.5, 0.6) is 0 Å².